The summed E-state index contributed by atoms with van der Waals surface area (Å²) in [4.78, 5) is 12.7. The molecular formula is C21H21NO4. The molecule has 0 saturated heterocycles. The number of nitrogens with one attached hydrogen (secondary N) is 1. The predicted octanol–water partition coefficient (Wildman–Crippen LogP) is 3.92. The molecule has 2 aromatic carbocycles. The smallest absolute Gasteiger partial charge is 0.251 e. The van der Waals surface area contributed by atoms with Crippen LogP contribution in [0, 0.1) is 5.92 Å². The molecule has 1 amide bonds. The average Bonchev–Trinajstić information content (AvgIpc) is 3.27. The Balaban J connectivity index is 1.28. The van der Waals surface area contributed by atoms with Crippen LogP contribution in [-0.2, 0) is 11.2 Å². The van der Waals surface area contributed by atoms with Crippen LogP contribution >= 0.6 is 0 Å². The van der Waals surface area contributed by atoms with Gasteiger partial charge in [0.15, 0.2) is 11.5 Å². The van der Waals surface area contributed by atoms with Gasteiger partial charge in [-0.3, -0.25) is 4.79 Å². The van der Waals surface area contributed by atoms with Gasteiger partial charge < -0.3 is 19.5 Å². The Bertz CT molecular complexity index is 857. The van der Waals surface area contributed by atoms with Crippen molar-refractivity contribution in [1.82, 2.24) is 0 Å². The van der Waals surface area contributed by atoms with E-state index in [9.17, 15) is 4.79 Å². The second-order valence-electron chi connectivity index (χ2n) is 7.29. The first kappa shape index (κ1) is 15.6. The second-order valence-corrected chi connectivity index (χ2v) is 7.29. The molecule has 1 unspecified atom stereocenters. The molecular weight excluding hydrogens is 330 g/mol. The van der Waals surface area contributed by atoms with Gasteiger partial charge in [0, 0.05) is 24.6 Å². The van der Waals surface area contributed by atoms with Gasteiger partial charge in [0.25, 0.3) is 5.79 Å². The Hall–Kier alpha value is -2.69. The van der Waals surface area contributed by atoms with Crippen LogP contribution in [0.1, 0.15) is 31.2 Å². The SMILES string of the molecule is O=C(Nc1ccc2c(c1)OC1(CCCC1)O2)C1COc2ccccc2C1. The van der Waals surface area contributed by atoms with E-state index in [0.717, 1.165) is 54.2 Å². The van der Waals surface area contributed by atoms with Crippen molar-refractivity contribution in [2.75, 3.05) is 11.9 Å². The van der Waals surface area contributed by atoms with Crippen LogP contribution in [0.5, 0.6) is 17.2 Å². The number of carbonyl (C=O) groups excluding carboxylic acids is 1. The standard InChI is InChI=1S/C21H21NO4/c23-20(15-11-14-5-1-2-6-17(14)24-13-15)22-16-7-8-18-19(12-16)26-21(25-18)9-3-4-10-21/h1-2,5-8,12,15H,3-4,9-11,13H2,(H,22,23). The highest BCUT2D eigenvalue weighted by Gasteiger charge is 2.44. The number of benzene rings is 2. The lowest BCUT2D eigenvalue weighted by atomic mass is 9.96. The highest BCUT2D eigenvalue weighted by Crippen LogP contribution is 2.47. The van der Waals surface area contributed by atoms with Crippen LogP contribution in [0.4, 0.5) is 5.69 Å². The quantitative estimate of drug-likeness (QED) is 0.891. The van der Waals surface area contributed by atoms with Crippen molar-refractivity contribution in [1.29, 1.82) is 0 Å². The molecule has 0 aromatic heterocycles. The van der Waals surface area contributed by atoms with Crippen molar-refractivity contribution < 1.29 is 19.0 Å². The van der Waals surface area contributed by atoms with Gasteiger partial charge in [-0.05, 0) is 43.0 Å². The van der Waals surface area contributed by atoms with E-state index in [-0.39, 0.29) is 11.8 Å². The number of rotatable bonds is 2. The summed E-state index contributed by atoms with van der Waals surface area (Å²) in [5, 5.41) is 3.00. The largest absolute Gasteiger partial charge is 0.492 e. The van der Waals surface area contributed by atoms with E-state index >= 15 is 0 Å². The van der Waals surface area contributed by atoms with Crippen LogP contribution < -0.4 is 19.5 Å². The monoisotopic (exact) mass is 351 g/mol. The number of para-hydroxylation sites is 1. The zero-order chi connectivity index (χ0) is 17.6. The van der Waals surface area contributed by atoms with Gasteiger partial charge >= 0.3 is 0 Å². The first-order valence-corrected chi connectivity index (χ1v) is 9.24. The minimum absolute atomic E-state index is 0.0334. The number of hydrogen-bond donors (Lipinski definition) is 1. The summed E-state index contributed by atoms with van der Waals surface area (Å²) in [6.07, 6.45) is 4.78. The summed E-state index contributed by atoms with van der Waals surface area (Å²) < 4.78 is 17.8. The zero-order valence-electron chi connectivity index (χ0n) is 14.5. The zero-order valence-corrected chi connectivity index (χ0v) is 14.5. The maximum absolute atomic E-state index is 12.7. The van der Waals surface area contributed by atoms with Gasteiger partial charge in [-0.1, -0.05) is 18.2 Å². The van der Waals surface area contributed by atoms with Crippen molar-refractivity contribution in [3.8, 4) is 17.2 Å². The van der Waals surface area contributed by atoms with E-state index in [1.165, 1.54) is 0 Å². The maximum Gasteiger partial charge on any atom is 0.251 e. The molecule has 1 aliphatic carbocycles. The summed E-state index contributed by atoms with van der Waals surface area (Å²) >= 11 is 0. The molecule has 134 valence electrons. The first-order chi connectivity index (χ1) is 12.7. The Kier molecular flexibility index (Phi) is 3.55. The Morgan fingerprint density at radius 1 is 1.00 bits per heavy atom. The Morgan fingerprint density at radius 2 is 1.81 bits per heavy atom. The summed E-state index contributed by atoms with van der Waals surface area (Å²) in [7, 11) is 0. The number of hydrogen-bond acceptors (Lipinski definition) is 4. The third-order valence-corrected chi connectivity index (χ3v) is 5.42. The molecule has 5 rings (SSSR count). The summed E-state index contributed by atoms with van der Waals surface area (Å²) in [5.41, 5.74) is 1.80. The second kappa shape index (κ2) is 5.94. The minimum atomic E-state index is -0.480. The van der Waals surface area contributed by atoms with Gasteiger partial charge in [0.05, 0.1) is 5.92 Å². The molecule has 1 atom stereocenters. The summed E-state index contributed by atoms with van der Waals surface area (Å²) in [6.45, 7) is 0.399. The molecule has 3 aliphatic rings. The highest BCUT2D eigenvalue weighted by molar-refractivity contribution is 5.93. The van der Waals surface area contributed by atoms with Crippen molar-refractivity contribution in [2.24, 2.45) is 5.92 Å². The van der Waals surface area contributed by atoms with E-state index in [1.807, 2.05) is 42.5 Å². The Labute approximate surface area is 152 Å². The molecule has 5 nitrogen and oxygen atoms in total. The lowest BCUT2D eigenvalue weighted by molar-refractivity contribution is -0.121. The molecule has 1 fully saturated rings. The third kappa shape index (κ3) is 2.68. The average molecular weight is 351 g/mol. The number of ether oxygens (including phenoxy) is 3. The number of carbonyl (C=O) groups is 1. The van der Waals surface area contributed by atoms with E-state index in [4.69, 9.17) is 14.2 Å². The Morgan fingerprint density at radius 3 is 2.69 bits per heavy atom. The fourth-order valence-corrected chi connectivity index (χ4v) is 4.03. The van der Waals surface area contributed by atoms with E-state index < -0.39 is 5.79 Å². The minimum Gasteiger partial charge on any atom is -0.492 e. The predicted molar refractivity (Wildman–Crippen MR) is 96.7 cm³/mol. The lowest BCUT2D eigenvalue weighted by Crippen LogP contribution is -2.34. The van der Waals surface area contributed by atoms with Crippen LogP contribution in [0.25, 0.3) is 0 Å². The number of fused-ring (bicyclic) bond motifs is 2. The molecule has 0 radical (unpaired) electrons. The van der Waals surface area contributed by atoms with Gasteiger partial charge in [0.1, 0.15) is 12.4 Å². The molecule has 26 heavy (non-hydrogen) atoms. The van der Waals surface area contributed by atoms with Crippen LogP contribution in [0.3, 0.4) is 0 Å². The van der Waals surface area contributed by atoms with Crippen LogP contribution in [-0.4, -0.2) is 18.3 Å². The van der Waals surface area contributed by atoms with Gasteiger partial charge in [0.2, 0.25) is 5.91 Å². The topological polar surface area (TPSA) is 56.8 Å². The van der Waals surface area contributed by atoms with Crippen molar-refractivity contribution >= 4 is 11.6 Å². The first-order valence-electron chi connectivity index (χ1n) is 9.24. The maximum atomic E-state index is 12.7. The fourth-order valence-electron chi connectivity index (χ4n) is 4.03. The van der Waals surface area contributed by atoms with Gasteiger partial charge in [-0.15, -0.1) is 0 Å². The van der Waals surface area contributed by atoms with Gasteiger partial charge in [-0.25, -0.2) is 0 Å². The van der Waals surface area contributed by atoms with Crippen molar-refractivity contribution in [2.45, 2.75) is 37.9 Å². The molecule has 1 saturated carbocycles. The van der Waals surface area contributed by atoms with E-state index in [2.05, 4.69) is 5.32 Å². The van der Waals surface area contributed by atoms with Crippen molar-refractivity contribution in [3.63, 3.8) is 0 Å². The summed E-state index contributed by atoms with van der Waals surface area (Å²) in [6, 6.07) is 13.5. The molecule has 1 N–H and O–H groups in total. The molecule has 1 spiro atoms. The molecule has 2 aromatic rings. The third-order valence-electron chi connectivity index (χ3n) is 5.42. The molecule has 2 heterocycles. The van der Waals surface area contributed by atoms with Gasteiger partial charge in [-0.2, -0.15) is 0 Å². The fraction of sp³-hybridized carbons (Fsp3) is 0.381. The van der Waals surface area contributed by atoms with Crippen LogP contribution in [0.15, 0.2) is 42.5 Å². The molecule has 0 bridgehead atoms. The normalized spacial score (nSPS) is 21.9. The lowest BCUT2D eigenvalue weighted by Gasteiger charge is -2.24. The van der Waals surface area contributed by atoms with Crippen molar-refractivity contribution in [3.05, 3.63) is 48.0 Å². The molecule has 2 aliphatic heterocycles. The van der Waals surface area contributed by atoms with E-state index in [0.29, 0.717) is 13.0 Å². The van der Waals surface area contributed by atoms with Crippen LogP contribution in [0.2, 0.25) is 0 Å². The number of anilines is 1. The summed E-state index contributed by atoms with van der Waals surface area (Å²) in [5.74, 6) is 1.65. The molecule has 5 heteroatoms. The van der Waals surface area contributed by atoms with E-state index in [1.54, 1.807) is 0 Å². The number of amides is 1. The highest BCUT2D eigenvalue weighted by atomic mass is 16.7.